The van der Waals surface area contributed by atoms with E-state index in [0.29, 0.717) is 6.42 Å². The molecule has 2 nitrogen and oxygen atoms in total. The normalized spacial score (nSPS) is 15.2. The second-order valence-electron chi connectivity index (χ2n) is 5.10. The number of hydrogen-bond acceptors (Lipinski definition) is 2. The number of amides is 1. The van der Waals surface area contributed by atoms with Gasteiger partial charge in [-0.3, -0.25) is 4.79 Å². The minimum absolute atomic E-state index is 0.0883. The van der Waals surface area contributed by atoms with Crippen LogP contribution in [0.4, 0.5) is 5.69 Å². The van der Waals surface area contributed by atoms with Crippen LogP contribution in [0.15, 0.2) is 47.4 Å². The molecule has 0 fully saturated rings. The summed E-state index contributed by atoms with van der Waals surface area (Å²) < 4.78 is 0. The van der Waals surface area contributed by atoms with Crippen LogP contribution < -0.4 is 5.32 Å². The second kappa shape index (κ2) is 6.12. The number of alkyl halides is 1. The zero-order valence-corrected chi connectivity index (χ0v) is 13.3. The van der Waals surface area contributed by atoms with Crippen LogP contribution in [0.2, 0.25) is 0 Å². The highest BCUT2D eigenvalue weighted by atomic mass is 35.5. The molecular formula is C17H16ClNOS. The maximum Gasteiger partial charge on any atom is 0.224 e. The van der Waals surface area contributed by atoms with Crippen LogP contribution in [0.25, 0.3) is 0 Å². The molecule has 4 heteroatoms. The van der Waals surface area contributed by atoms with Gasteiger partial charge in [0.1, 0.15) is 0 Å². The molecule has 2 aromatic carbocycles. The van der Waals surface area contributed by atoms with Gasteiger partial charge in [-0.15, -0.1) is 23.4 Å². The van der Waals surface area contributed by atoms with E-state index >= 15 is 0 Å². The fourth-order valence-corrected chi connectivity index (χ4v) is 3.22. The van der Waals surface area contributed by atoms with Gasteiger partial charge in [-0.05, 0) is 47.6 Å². The van der Waals surface area contributed by atoms with Crippen LogP contribution in [0.1, 0.15) is 28.5 Å². The molecule has 0 radical (unpaired) electrons. The zero-order chi connectivity index (χ0) is 14.8. The van der Waals surface area contributed by atoms with Crippen LogP contribution in [0.5, 0.6) is 0 Å². The Hall–Kier alpha value is -1.45. The molecule has 1 atom stereocenters. The molecule has 21 heavy (non-hydrogen) atoms. The van der Waals surface area contributed by atoms with E-state index in [2.05, 4.69) is 41.9 Å². The third kappa shape index (κ3) is 3.09. The van der Waals surface area contributed by atoms with Gasteiger partial charge in [-0.25, -0.2) is 0 Å². The molecule has 3 rings (SSSR count). The average Bonchev–Trinajstić information content (AvgIpc) is 2.53. The second-order valence-corrected chi connectivity index (χ2v) is 6.42. The number of nitrogens with one attached hydrogen (secondary N) is 1. The highest BCUT2D eigenvalue weighted by Gasteiger charge is 2.17. The Labute approximate surface area is 133 Å². The summed E-state index contributed by atoms with van der Waals surface area (Å²) in [5.41, 5.74) is 4.24. The number of halogens is 1. The summed E-state index contributed by atoms with van der Waals surface area (Å²) in [5.74, 6) is 0.0883. The molecule has 1 heterocycles. The topological polar surface area (TPSA) is 29.1 Å². The number of carbonyl (C=O) groups is 1. The fraction of sp³-hybridized carbons (Fsp3) is 0.235. The molecule has 1 aliphatic rings. The first-order valence-corrected chi connectivity index (χ1v) is 8.54. The summed E-state index contributed by atoms with van der Waals surface area (Å²) in [6, 6.07) is 14.4. The first kappa shape index (κ1) is 14.5. The molecule has 0 bridgehead atoms. The molecule has 1 aliphatic heterocycles. The fourth-order valence-electron chi connectivity index (χ4n) is 2.53. The van der Waals surface area contributed by atoms with Crippen molar-refractivity contribution < 1.29 is 4.79 Å². The number of fused-ring (bicyclic) bond motifs is 1. The van der Waals surface area contributed by atoms with E-state index < -0.39 is 0 Å². The molecule has 1 amide bonds. The summed E-state index contributed by atoms with van der Waals surface area (Å²) in [6.07, 6.45) is 3.39. The van der Waals surface area contributed by atoms with Crippen molar-refractivity contribution in [1.82, 2.24) is 0 Å². The largest absolute Gasteiger partial charge is 0.326 e. The van der Waals surface area contributed by atoms with E-state index in [0.717, 1.165) is 23.2 Å². The van der Waals surface area contributed by atoms with Gasteiger partial charge in [0.2, 0.25) is 5.91 Å². The van der Waals surface area contributed by atoms with Crippen molar-refractivity contribution in [2.75, 3.05) is 11.6 Å². The third-order valence-corrected chi connectivity index (χ3v) is 4.97. The Morgan fingerprint density at radius 2 is 1.81 bits per heavy atom. The molecule has 0 saturated heterocycles. The molecule has 1 N–H and O–H groups in total. The SMILES string of the molecule is CSc1ccc(C(Cl)c2ccc3c(c2)CCC(=O)N3)cc1. The lowest BCUT2D eigenvalue weighted by Gasteiger charge is -2.19. The van der Waals surface area contributed by atoms with Crippen LogP contribution in [0, 0.1) is 0 Å². The lowest BCUT2D eigenvalue weighted by molar-refractivity contribution is -0.116. The molecule has 108 valence electrons. The minimum atomic E-state index is -0.163. The minimum Gasteiger partial charge on any atom is -0.326 e. The molecular weight excluding hydrogens is 302 g/mol. The molecule has 0 aliphatic carbocycles. The number of rotatable bonds is 3. The highest BCUT2D eigenvalue weighted by molar-refractivity contribution is 7.98. The van der Waals surface area contributed by atoms with Gasteiger partial charge in [0, 0.05) is 17.0 Å². The number of hydrogen-bond donors (Lipinski definition) is 1. The van der Waals surface area contributed by atoms with Crippen LogP contribution in [-0.4, -0.2) is 12.2 Å². The molecule has 0 aromatic heterocycles. The van der Waals surface area contributed by atoms with E-state index in [1.165, 1.54) is 10.5 Å². The first-order valence-electron chi connectivity index (χ1n) is 6.88. The summed E-state index contributed by atoms with van der Waals surface area (Å²) >= 11 is 8.32. The number of benzene rings is 2. The van der Waals surface area contributed by atoms with Crippen LogP contribution in [-0.2, 0) is 11.2 Å². The summed E-state index contributed by atoms with van der Waals surface area (Å²) in [4.78, 5) is 12.6. The first-order chi connectivity index (χ1) is 10.2. The predicted octanol–water partition coefficient (Wildman–Crippen LogP) is 4.62. The molecule has 0 spiro atoms. The van der Waals surface area contributed by atoms with Gasteiger partial charge in [0.15, 0.2) is 0 Å². The van der Waals surface area contributed by atoms with Crippen molar-refractivity contribution >= 4 is 35.0 Å². The Morgan fingerprint density at radius 3 is 2.52 bits per heavy atom. The van der Waals surface area contributed by atoms with Gasteiger partial charge < -0.3 is 5.32 Å². The number of carbonyl (C=O) groups excluding carboxylic acids is 1. The number of anilines is 1. The maximum absolute atomic E-state index is 11.4. The lowest BCUT2D eigenvalue weighted by Crippen LogP contribution is -2.19. The molecule has 1 unspecified atom stereocenters. The summed E-state index contributed by atoms with van der Waals surface area (Å²) in [5, 5.41) is 2.73. The lowest BCUT2D eigenvalue weighted by atomic mass is 9.97. The average molecular weight is 318 g/mol. The van der Waals surface area contributed by atoms with Gasteiger partial charge in [0.05, 0.1) is 5.38 Å². The van der Waals surface area contributed by atoms with E-state index in [4.69, 9.17) is 11.6 Å². The third-order valence-electron chi connectivity index (χ3n) is 3.73. The summed E-state index contributed by atoms with van der Waals surface area (Å²) in [7, 11) is 0. The Morgan fingerprint density at radius 1 is 1.10 bits per heavy atom. The van der Waals surface area contributed by atoms with Crippen LogP contribution in [0.3, 0.4) is 0 Å². The number of thioether (sulfide) groups is 1. The zero-order valence-electron chi connectivity index (χ0n) is 11.7. The quantitative estimate of drug-likeness (QED) is 0.661. The monoisotopic (exact) mass is 317 g/mol. The van der Waals surface area contributed by atoms with Crippen molar-refractivity contribution in [3.63, 3.8) is 0 Å². The molecule has 2 aromatic rings. The Balaban J connectivity index is 1.87. The van der Waals surface area contributed by atoms with Crippen LogP contribution >= 0.6 is 23.4 Å². The van der Waals surface area contributed by atoms with E-state index in [9.17, 15) is 4.79 Å². The van der Waals surface area contributed by atoms with E-state index in [-0.39, 0.29) is 11.3 Å². The van der Waals surface area contributed by atoms with Gasteiger partial charge in [-0.1, -0.05) is 24.3 Å². The van der Waals surface area contributed by atoms with Gasteiger partial charge in [0.25, 0.3) is 0 Å². The molecule has 0 saturated carbocycles. The predicted molar refractivity (Wildman–Crippen MR) is 89.3 cm³/mol. The van der Waals surface area contributed by atoms with Gasteiger partial charge >= 0.3 is 0 Å². The van der Waals surface area contributed by atoms with Crippen molar-refractivity contribution in [3.8, 4) is 0 Å². The van der Waals surface area contributed by atoms with Gasteiger partial charge in [-0.2, -0.15) is 0 Å². The van der Waals surface area contributed by atoms with Crippen molar-refractivity contribution in [3.05, 3.63) is 59.2 Å². The van der Waals surface area contributed by atoms with E-state index in [1.54, 1.807) is 11.8 Å². The number of aryl methyl sites for hydroxylation is 1. The van der Waals surface area contributed by atoms with Crippen molar-refractivity contribution in [1.29, 1.82) is 0 Å². The van der Waals surface area contributed by atoms with Crippen molar-refractivity contribution in [2.24, 2.45) is 0 Å². The smallest absolute Gasteiger partial charge is 0.224 e. The Kier molecular flexibility index (Phi) is 4.22. The van der Waals surface area contributed by atoms with Crippen molar-refractivity contribution in [2.45, 2.75) is 23.1 Å². The highest BCUT2D eigenvalue weighted by Crippen LogP contribution is 2.33. The Bertz CT molecular complexity index is 669. The van der Waals surface area contributed by atoms with E-state index in [1.807, 2.05) is 12.1 Å². The summed E-state index contributed by atoms with van der Waals surface area (Å²) in [6.45, 7) is 0. The maximum atomic E-state index is 11.4. The standard InChI is InChI=1S/C17H16ClNOS/c1-21-14-6-2-11(3-7-14)17(18)13-4-8-15-12(10-13)5-9-16(20)19-15/h2-4,6-8,10,17H,5,9H2,1H3,(H,19,20).